The van der Waals surface area contributed by atoms with E-state index in [0.717, 1.165) is 61.2 Å². The number of nitrogens with zero attached hydrogens (tertiary/aromatic N) is 4. The van der Waals surface area contributed by atoms with Crippen molar-refractivity contribution in [1.29, 1.82) is 0 Å². The van der Waals surface area contributed by atoms with E-state index in [-0.39, 0.29) is 47.1 Å². The topological polar surface area (TPSA) is 165 Å². The van der Waals surface area contributed by atoms with Gasteiger partial charge < -0.3 is 35.1 Å². The van der Waals surface area contributed by atoms with Gasteiger partial charge in [-0.15, -0.1) is 0 Å². The number of H-pyrrole nitrogens is 2. The van der Waals surface area contributed by atoms with Gasteiger partial charge in [-0.05, 0) is 108 Å². The third-order valence-electron chi connectivity index (χ3n) is 13.9. The van der Waals surface area contributed by atoms with Crippen molar-refractivity contribution in [2.75, 3.05) is 20.2 Å². The highest BCUT2D eigenvalue weighted by Crippen LogP contribution is 2.51. The minimum absolute atomic E-state index is 0.0249. The molecule has 332 valence electrons. The second-order valence-corrected chi connectivity index (χ2v) is 18.7. The molecule has 1 saturated carbocycles. The van der Waals surface area contributed by atoms with E-state index in [0.29, 0.717) is 31.0 Å². The first-order chi connectivity index (χ1) is 30.4. The molecule has 0 bridgehead atoms. The van der Waals surface area contributed by atoms with E-state index in [1.165, 1.54) is 55.0 Å². The van der Waals surface area contributed by atoms with Crippen LogP contribution in [0.4, 0.5) is 4.79 Å². The van der Waals surface area contributed by atoms with Gasteiger partial charge in [-0.1, -0.05) is 83.7 Å². The molecule has 8 rings (SSSR count). The molecular weight excluding hydrogens is 793 g/mol. The van der Waals surface area contributed by atoms with E-state index in [1.807, 2.05) is 43.7 Å². The molecule has 1 spiro atoms. The lowest BCUT2D eigenvalue weighted by atomic mass is 9.83. The maximum absolute atomic E-state index is 13.7. The van der Waals surface area contributed by atoms with Crippen LogP contribution in [0, 0.1) is 29.1 Å². The normalized spacial score (nSPS) is 19.9. The summed E-state index contributed by atoms with van der Waals surface area (Å²) in [7, 11) is 1.30. The summed E-state index contributed by atoms with van der Waals surface area (Å²) in [6, 6.07) is 11.4. The largest absolute Gasteiger partial charge is 0.453 e. The summed E-state index contributed by atoms with van der Waals surface area (Å²) >= 11 is 0. The number of amides is 4. The molecule has 13 nitrogen and oxygen atoms in total. The number of likely N-dealkylation sites (tertiary alicyclic amines) is 2. The Morgan fingerprint density at radius 1 is 0.762 bits per heavy atom. The summed E-state index contributed by atoms with van der Waals surface area (Å²) in [6.07, 6.45) is 13.7. The van der Waals surface area contributed by atoms with Gasteiger partial charge in [0.25, 0.3) is 0 Å². The van der Waals surface area contributed by atoms with Crippen LogP contribution < -0.4 is 10.6 Å². The molecule has 2 aromatic carbocycles. The SMILES string of the molecule is CCC(=O)N[C@H](C(=O)N1CCC[C@H]1c1ncc(-c2ccc(-c3ccc(C#Cc4cnc([C@@H]5CCCN5C(=O)[C@@H](NC(=O)OC)C(C)C)[nH]4)c4c3CC3(CCCC3)C4)cc2)[nH]1)C(C)C. The summed E-state index contributed by atoms with van der Waals surface area (Å²) in [6.45, 7) is 10.8. The molecule has 63 heavy (non-hydrogen) atoms. The Bertz CT molecular complexity index is 2400. The van der Waals surface area contributed by atoms with E-state index in [2.05, 4.69) is 68.8 Å². The van der Waals surface area contributed by atoms with Gasteiger partial charge in [0.15, 0.2) is 0 Å². The lowest BCUT2D eigenvalue weighted by Crippen LogP contribution is -2.51. The predicted molar refractivity (Wildman–Crippen MR) is 241 cm³/mol. The first-order valence-electron chi connectivity index (χ1n) is 23.0. The van der Waals surface area contributed by atoms with Crippen LogP contribution in [0.1, 0.15) is 139 Å². The van der Waals surface area contributed by atoms with Crippen molar-refractivity contribution in [3.63, 3.8) is 0 Å². The summed E-state index contributed by atoms with van der Waals surface area (Å²) in [5.41, 5.74) is 9.12. The highest BCUT2D eigenvalue weighted by molar-refractivity contribution is 5.88. The van der Waals surface area contributed by atoms with Crippen molar-refractivity contribution in [3.8, 4) is 34.2 Å². The zero-order valence-corrected chi connectivity index (χ0v) is 37.6. The highest BCUT2D eigenvalue weighted by Gasteiger charge is 2.42. The van der Waals surface area contributed by atoms with Crippen LogP contribution in [0.2, 0.25) is 0 Å². The maximum Gasteiger partial charge on any atom is 0.407 e. The molecule has 2 aliphatic carbocycles. The van der Waals surface area contributed by atoms with Gasteiger partial charge in [-0.25, -0.2) is 14.8 Å². The van der Waals surface area contributed by atoms with Crippen molar-refractivity contribution in [2.45, 2.75) is 129 Å². The fourth-order valence-corrected chi connectivity index (χ4v) is 10.4. The minimum Gasteiger partial charge on any atom is -0.453 e. The molecule has 0 radical (unpaired) electrons. The Morgan fingerprint density at radius 3 is 1.97 bits per heavy atom. The van der Waals surface area contributed by atoms with Gasteiger partial charge >= 0.3 is 6.09 Å². The molecule has 13 heteroatoms. The number of aromatic nitrogens is 4. The van der Waals surface area contributed by atoms with Gasteiger partial charge in [-0.3, -0.25) is 14.4 Å². The monoisotopic (exact) mass is 854 g/mol. The van der Waals surface area contributed by atoms with E-state index < -0.39 is 18.2 Å². The van der Waals surface area contributed by atoms with Crippen molar-refractivity contribution < 1.29 is 23.9 Å². The standard InChI is InChI=1S/C50H62N8O5/c1-7-42(59)55-43(30(2)3)47(60)58-25-11-13-41(58)46-52-29-39(54-46)34-16-14-32(15-17-34)36-21-19-33(37-26-50(27-38(36)37)22-8-9-23-50)18-20-35-28-51-45(53-35)40-12-10-24-57(40)48(61)44(31(4)5)56-49(62)63-6/h14-17,19,21,28-31,40-41,43-44H,7-13,22-27H2,1-6H3,(H,51,53)(H,52,54)(H,55,59)(H,56,62)/t40-,41-,43-,44-/m0/s1. The molecule has 4 aromatic rings. The highest BCUT2D eigenvalue weighted by atomic mass is 16.5. The predicted octanol–water partition coefficient (Wildman–Crippen LogP) is 7.78. The Morgan fingerprint density at radius 2 is 1.35 bits per heavy atom. The van der Waals surface area contributed by atoms with Gasteiger partial charge in [0.1, 0.15) is 29.4 Å². The van der Waals surface area contributed by atoms with Crippen LogP contribution >= 0.6 is 0 Å². The third-order valence-corrected chi connectivity index (χ3v) is 13.9. The van der Waals surface area contributed by atoms with Gasteiger partial charge in [0.05, 0.1) is 37.3 Å². The van der Waals surface area contributed by atoms with E-state index in [4.69, 9.17) is 14.7 Å². The first-order valence-corrected chi connectivity index (χ1v) is 23.0. The fraction of sp³-hybridized carbons (Fsp3) is 0.520. The van der Waals surface area contributed by atoms with E-state index in [1.54, 1.807) is 13.1 Å². The molecule has 4 heterocycles. The van der Waals surface area contributed by atoms with Gasteiger partial charge in [0.2, 0.25) is 17.7 Å². The molecule has 2 aliphatic heterocycles. The number of hydrogen-bond acceptors (Lipinski definition) is 7. The number of nitrogens with one attached hydrogen (secondary N) is 4. The minimum atomic E-state index is -0.692. The van der Waals surface area contributed by atoms with Crippen LogP contribution in [0.25, 0.3) is 22.4 Å². The van der Waals surface area contributed by atoms with Gasteiger partial charge in [0, 0.05) is 25.1 Å². The number of fused-ring (bicyclic) bond motifs is 1. The van der Waals surface area contributed by atoms with Crippen LogP contribution in [0.3, 0.4) is 0 Å². The lowest BCUT2D eigenvalue weighted by Gasteiger charge is -2.30. The summed E-state index contributed by atoms with van der Waals surface area (Å²) in [4.78, 5) is 71.8. The maximum atomic E-state index is 13.7. The number of alkyl carbamates (subject to hydrolysis) is 1. The smallest absolute Gasteiger partial charge is 0.407 e. The Labute approximate surface area is 370 Å². The van der Waals surface area contributed by atoms with E-state index >= 15 is 0 Å². The average molecular weight is 855 g/mol. The summed E-state index contributed by atoms with van der Waals surface area (Å²) in [5, 5.41) is 5.66. The Balaban J connectivity index is 1.00. The average Bonchev–Trinajstić information content (AvgIpc) is 4.14. The number of carbonyl (C=O) groups excluding carboxylic acids is 4. The van der Waals surface area contributed by atoms with E-state index in [9.17, 15) is 19.2 Å². The molecule has 4 aliphatic rings. The Hall–Kier alpha value is -5.90. The quantitative estimate of drug-likeness (QED) is 0.112. The van der Waals surface area contributed by atoms with Crippen LogP contribution in [0.15, 0.2) is 48.8 Å². The fourth-order valence-electron chi connectivity index (χ4n) is 10.4. The molecule has 4 amide bonds. The number of hydrogen-bond donors (Lipinski definition) is 4. The molecule has 3 fully saturated rings. The van der Waals surface area contributed by atoms with Crippen LogP contribution in [-0.2, 0) is 32.0 Å². The van der Waals surface area contributed by atoms with Crippen molar-refractivity contribution >= 4 is 23.8 Å². The lowest BCUT2D eigenvalue weighted by molar-refractivity contribution is -0.138. The number of imidazole rings is 2. The summed E-state index contributed by atoms with van der Waals surface area (Å²) in [5.74, 6) is 7.93. The zero-order chi connectivity index (χ0) is 44.4. The molecule has 4 atom stereocenters. The molecule has 2 saturated heterocycles. The van der Waals surface area contributed by atoms with Crippen molar-refractivity contribution in [2.24, 2.45) is 17.3 Å². The second-order valence-electron chi connectivity index (χ2n) is 18.7. The number of ether oxygens (including phenoxy) is 1. The molecule has 0 unspecified atom stereocenters. The Kier molecular flexibility index (Phi) is 12.8. The second kappa shape index (κ2) is 18.4. The number of methoxy groups -OCH3 is 1. The summed E-state index contributed by atoms with van der Waals surface area (Å²) < 4.78 is 4.79. The molecular formula is C50H62N8O5. The number of rotatable bonds is 11. The number of benzene rings is 2. The molecule has 2 aromatic heterocycles. The third kappa shape index (κ3) is 9.00. The molecule has 4 N–H and O–H groups in total. The number of carbonyl (C=O) groups is 4. The van der Waals surface area contributed by atoms with Crippen molar-refractivity contribution in [1.82, 2.24) is 40.4 Å². The number of aromatic amines is 2. The zero-order valence-electron chi connectivity index (χ0n) is 37.6. The van der Waals surface area contributed by atoms with Crippen molar-refractivity contribution in [3.05, 3.63) is 82.8 Å². The van der Waals surface area contributed by atoms with Crippen LogP contribution in [-0.4, -0.2) is 85.8 Å². The first kappa shape index (κ1) is 43.7. The van der Waals surface area contributed by atoms with Crippen LogP contribution in [0.5, 0.6) is 0 Å². The van der Waals surface area contributed by atoms with Gasteiger partial charge in [-0.2, -0.15) is 0 Å².